The Morgan fingerprint density at radius 2 is 1.76 bits per heavy atom. The van der Waals surface area contributed by atoms with Gasteiger partial charge in [0, 0.05) is 0 Å². The molecule has 0 aromatic heterocycles. The summed E-state index contributed by atoms with van der Waals surface area (Å²) in [6, 6.07) is 0. The summed E-state index contributed by atoms with van der Waals surface area (Å²) in [5.74, 6) is 0.561. The van der Waals surface area contributed by atoms with Crippen molar-refractivity contribution in [3.63, 3.8) is 0 Å². The molecule has 0 saturated heterocycles. The molecule has 3 aliphatic rings. The number of carbonyl (C=O) groups is 1. The summed E-state index contributed by atoms with van der Waals surface area (Å²) in [5, 5.41) is 0. The third-order valence-corrected chi connectivity index (χ3v) is 6.87. The number of halogens is 2. The molecule has 0 aromatic carbocycles. The number of hydrogen-bond donors (Lipinski definition) is 0. The largest absolute Gasteiger partial charge is 1.00 e. The van der Waals surface area contributed by atoms with E-state index in [4.69, 9.17) is 3.32 Å². The summed E-state index contributed by atoms with van der Waals surface area (Å²) < 4.78 is 6.03. The number of hydrogen-bond acceptors (Lipinski definition) is 2. The van der Waals surface area contributed by atoms with Gasteiger partial charge in [-0.2, -0.15) is 0 Å². The van der Waals surface area contributed by atoms with E-state index in [1.54, 1.807) is 29.2 Å². The molecule has 0 amide bonds. The Morgan fingerprint density at radius 1 is 1.10 bits per heavy atom. The van der Waals surface area contributed by atoms with Crippen molar-refractivity contribution in [3.8, 4) is 0 Å². The zero-order chi connectivity index (χ0) is 13.4. The van der Waals surface area contributed by atoms with Crippen molar-refractivity contribution in [3.05, 3.63) is 22.3 Å². The zero-order valence-electron chi connectivity index (χ0n) is 12.7. The van der Waals surface area contributed by atoms with Crippen molar-refractivity contribution in [1.29, 1.82) is 0 Å². The van der Waals surface area contributed by atoms with Crippen LogP contribution in [0.1, 0.15) is 58.8 Å². The van der Waals surface area contributed by atoms with Crippen LogP contribution in [-0.2, 0) is 27.7 Å². The first-order valence-electron chi connectivity index (χ1n) is 7.56. The maximum absolute atomic E-state index is 11.1. The van der Waals surface area contributed by atoms with Gasteiger partial charge in [-0.1, -0.05) is 0 Å². The van der Waals surface area contributed by atoms with Gasteiger partial charge in [-0.15, -0.1) is 0 Å². The third-order valence-electron chi connectivity index (χ3n) is 4.85. The smallest absolute Gasteiger partial charge is 1.00 e. The molecule has 2 atom stereocenters. The molecule has 0 spiro atoms. The molecule has 0 saturated carbocycles. The maximum Gasteiger partial charge on any atom is -1.00 e. The Bertz CT molecular complexity index is 471. The molecule has 0 N–H and O–H groups in total. The molecule has 2 unspecified atom stereocenters. The van der Waals surface area contributed by atoms with Crippen LogP contribution in [-0.4, -0.2) is 5.97 Å². The van der Waals surface area contributed by atoms with Gasteiger partial charge in [-0.25, -0.2) is 0 Å². The van der Waals surface area contributed by atoms with Crippen LogP contribution in [0.3, 0.4) is 0 Å². The van der Waals surface area contributed by atoms with Crippen molar-refractivity contribution >= 4 is 5.97 Å². The molecule has 0 heterocycles. The van der Waals surface area contributed by atoms with Gasteiger partial charge < -0.3 is 24.8 Å². The van der Waals surface area contributed by atoms with E-state index in [-0.39, 0.29) is 30.8 Å². The summed E-state index contributed by atoms with van der Waals surface area (Å²) in [4.78, 5) is 11.1. The van der Waals surface area contributed by atoms with Crippen LogP contribution in [0.25, 0.3) is 0 Å². The van der Waals surface area contributed by atoms with E-state index in [1.807, 2.05) is 0 Å². The molecule has 3 rings (SSSR count). The molecular formula is C16H22Cl2O2Ti. The molecule has 0 radical (unpaired) electrons. The Kier molecular flexibility index (Phi) is 7.53. The fourth-order valence-electron chi connectivity index (χ4n) is 4.10. The van der Waals surface area contributed by atoms with Gasteiger partial charge >= 0.3 is 125 Å². The predicted octanol–water partition coefficient (Wildman–Crippen LogP) is -1.66. The van der Waals surface area contributed by atoms with Crippen LogP contribution in [0.2, 0.25) is 4.22 Å². The van der Waals surface area contributed by atoms with Crippen LogP contribution in [0, 0.1) is 5.92 Å². The average Bonchev–Trinajstić information content (AvgIpc) is 2.71. The summed E-state index contributed by atoms with van der Waals surface area (Å²) >= 11 is -0.605. The molecule has 3 aliphatic carbocycles. The van der Waals surface area contributed by atoms with Gasteiger partial charge in [0.1, 0.15) is 0 Å². The number of fused-ring (bicyclic) bond motifs is 1. The normalized spacial score (nSPS) is 27.0. The Balaban J connectivity index is 0.00000110. The van der Waals surface area contributed by atoms with E-state index in [9.17, 15) is 4.79 Å². The van der Waals surface area contributed by atoms with E-state index >= 15 is 0 Å². The van der Waals surface area contributed by atoms with Crippen LogP contribution < -0.4 is 24.8 Å². The van der Waals surface area contributed by atoms with Crippen LogP contribution in [0.5, 0.6) is 0 Å². The van der Waals surface area contributed by atoms with Crippen molar-refractivity contribution in [2.24, 2.45) is 5.92 Å². The standard InChI is InChI=1S/C14H19.C2H4O2.2ClH.Ti/c1-10-11-6-2-4-8-13(11)14-9-5-3-7-12(10)14;1-2(3)4;;;/h6,10H,2-5,7-9H2,1H3;1H3,(H,3,4);2*1H;/q;;;;+3/p-3. The van der Waals surface area contributed by atoms with Crippen molar-refractivity contribution in [1.82, 2.24) is 0 Å². The minimum Gasteiger partial charge on any atom is -1.00 e. The number of rotatable bonds is 2. The van der Waals surface area contributed by atoms with Gasteiger partial charge in [0.25, 0.3) is 0 Å². The summed E-state index contributed by atoms with van der Waals surface area (Å²) in [7, 11) is 0. The van der Waals surface area contributed by atoms with Gasteiger partial charge in [-0.3, -0.25) is 0 Å². The van der Waals surface area contributed by atoms with E-state index in [1.165, 1.54) is 44.9 Å². The maximum atomic E-state index is 11.1. The molecule has 116 valence electrons. The second-order valence-corrected chi connectivity index (χ2v) is 7.80. The Hall–Kier alpha value is 0.244. The third kappa shape index (κ3) is 3.78. The average molecular weight is 365 g/mol. The van der Waals surface area contributed by atoms with Gasteiger partial charge in [0.15, 0.2) is 0 Å². The quantitative estimate of drug-likeness (QED) is 0.548. The second kappa shape index (κ2) is 8.20. The van der Waals surface area contributed by atoms with Crippen LogP contribution in [0.15, 0.2) is 22.3 Å². The molecule has 2 nitrogen and oxygen atoms in total. The van der Waals surface area contributed by atoms with Crippen molar-refractivity contribution in [2.45, 2.75) is 63.0 Å². The van der Waals surface area contributed by atoms with Crippen molar-refractivity contribution in [2.75, 3.05) is 0 Å². The van der Waals surface area contributed by atoms with Gasteiger partial charge in [0.2, 0.25) is 0 Å². The molecule has 0 bridgehead atoms. The molecule has 0 aromatic rings. The molecule has 0 aliphatic heterocycles. The Morgan fingerprint density at radius 3 is 2.48 bits per heavy atom. The first-order chi connectivity index (χ1) is 9.18. The summed E-state index contributed by atoms with van der Waals surface area (Å²) in [6.07, 6.45) is 9.17. The first kappa shape index (κ1) is 19.3. The van der Waals surface area contributed by atoms with Gasteiger partial charge in [0.05, 0.1) is 0 Å². The van der Waals surface area contributed by atoms with E-state index in [2.05, 4.69) is 6.92 Å². The fourth-order valence-corrected chi connectivity index (χ4v) is 5.94. The molecule has 5 heteroatoms. The van der Waals surface area contributed by atoms with Crippen LogP contribution in [0.4, 0.5) is 0 Å². The minimum atomic E-state index is -0.605. The summed E-state index contributed by atoms with van der Waals surface area (Å²) in [5.41, 5.74) is 6.82. The fraction of sp³-hybridized carbons (Fsp3) is 0.688. The molecule has 21 heavy (non-hydrogen) atoms. The molecular weight excluding hydrogens is 343 g/mol. The Labute approximate surface area is 149 Å². The number of carbonyl (C=O) groups excluding carboxylic acids is 1. The number of allylic oxidation sites excluding steroid dienone is 4. The van der Waals surface area contributed by atoms with Gasteiger partial charge in [-0.05, 0) is 0 Å². The van der Waals surface area contributed by atoms with Crippen molar-refractivity contribution < 1.29 is 52.5 Å². The minimum absolute atomic E-state index is 0. The first-order valence-corrected chi connectivity index (χ1v) is 9.10. The monoisotopic (exact) mass is 364 g/mol. The molecule has 0 fully saturated rings. The van der Waals surface area contributed by atoms with Crippen LogP contribution >= 0.6 is 0 Å². The van der Waals surface area contributed by atoms with E-state index in [0.29, 0.717) is 10.1 Å². The SMILES string of the molecule is CC(=O)[O][Ti+2][CH]1CCCC2=C1C(C)C1=C2CCCC1.[Cl-].[Cl-]. The van der Waals surface area contributed by atoms with E-state index in [0.717, 1.165) is 0 Å². The second-order valence-electron chi connectivity index (χ2n) is 6.02. The van der Waals surface area contributed by atoms with E-state index < -0.39 is 19.5 Å². The zero-order valence-corrected chi connectivity index (χ0v) is 15.8. The predicted molar refractivity (Wildman–Crippen MR) is 71.1 cm³/mol. The summed E-state index contributed by atoms with van der Waals surface area (Å²) in [6.45, 7) is 3.93. The topological polar surface area (TPSA) is 26.3 Å².